The van der Waals surface area contributed by atoms with Gasteiger partial charge >= 0.3 is 0 Å². The lowest BCUT2D eigenvalue weighted by Crippen LogP contribution is -2.29. The van der Waals surface area contributed by atoms with E-state index in [4.69, 9.17) is 9.47 Å². The molecular weight excluding hydrogens is 466 g/mol. The first kappa shape index (κ1) is 22.3. The second-order valence-corrected chi connectivity index (χ2v) is 9.49. The van der Waals surface area contributed by atoms with Crippen molar-refractivity contribution in [2.75, 3.05) is 20.8 Å². The Morgan fingerprint density at radius 3 is 2.20 bits per heavy atom. The van der Waals surface area contributed by atoms with Crippen LogP contribution in [0.1, 0.15) is 17.0 Å². The molecular formula is C23H24BrNO4S. The number of nitrogens with one attached hydrogen (secondary N) is 1. The van der Waals surface area contributed by atoms with Crippen molar-refractivity contribution in [1.29, 1.82) is 0 Å². The molecule has 5 nitrogen and oxygen atoms in total. The van der Waals surface area contributed by atoms with E-state index in [2.05, 4.69) is 20.7 Å². The van der Waals surface area contributed by atoms with Crippen LogP contribution in [-0.2, 0) is 16.4 Å². The lowest BCUT2D eigenvalue weighted by atomic mass is 9.92. The first-order chi connectivity index (χ1) is 14.4. The fourth-order valence-electron chi connectivity index (χ4n) is 3.22. The monoisotopic (exact) mass is 489 g/mol. The second kappa shape index (κ2) is 10.1. The van der Waals surface area contributed by atoms with Gasteiger partial charge in [0.05, 0.1) is 19.1 Å². The van der Waals surface area contributed by atoms with E-state index in [9.17, 15) is 8.42 Å². The molecule has 30 heavy (non-hydrogen) atoms. The smallest absolute Gasteiger partial charge is 0.240 e. The Balaban J connectivity index is 1.87. The molecule has 158 valence electrons. The van der Waals surface area contributed by atoms with Gasteiger partial charge in [-0.15, -0.1) is 0 Å². The highest BCUT2D eigenvalue weighted by atomic mass is 79.9. The number of benzene rings is 3. The van der Waals surface area contributed by atoms with E-state index in [-0.39, 0.29) is 17.4 Å². The first-order valence-electron chi connectivity index (χ1n) is 9.44. The third-order valence-corrected chi connectivity index (χ3v) is 6.82. The zero-order chi connectivity index (χ0) is 21.6. The topological polar surface area (TPSA) is 64.6 Å². The predicted molar refractivity (Wildman–Crippen MR) is 122 cm³/mol. The van der Waals surface area contributed by atoms with Crippen LogP contribution in [0.5, 0.6) is 11.5 Å². The molecule has 1 atom stereocenters. The summed E-state index contributed by atoms with van der Waals surface area (Å²) >= 11 is 3.33. The maximum Gasteiger partial charge on any atom is 0.240 e. The number of hydrogen-bond acceptors (Lipinski definition) is 4. The highest BCUT2D eigenvalue weighted by Crippen LogP contribution is 2.32. The zero-order valence-electron chi connectivity index (χ0n) is 16.8. The lowest BCUT2D eigenvalue weighted by Gasteiger charge is -2.20. The van der Waals surface area contributed by atoms with Crippen molar-refractivity contribution in [3.8, 4) is 11.5 Å². The van der Waals surface area contributed by atoms with E-state index in [1.807, 2.05) is 48.5 Å². The molecule has 0 aliphatic carbocycles. The number of methoxy groups -OCH3 is 2. The quantitative estimate of drug-likeness (QED) is 0.470. The molecule has 0 fully saturated rings. The van der Waals surface area contributed by atoms with E-state index in [1.54, 1.807) is 38.5 Å². The summed E-state index contributed by atoms with van der Waals surface area (Å²) in [4.78, 5) is 0.233. The molecule has 0 aliphatic rings. The third kappa shape index (κ3) is 5.62. The van der Waals surface area contributed by atoms with Crippen LogP contribution in [-0.4, -0.2) is 29.2 Å². The van der Waals surface area contributed by atoms with Gasteiger partial charge in [-0.05, 0) is 53.9 Å². The Morgan fingerprint density at radius 1 is 0.900 bits per heavy atom. The molecule has 3 rings (SSSR count). The Labute approximate surface area is 186 Å². The Hall–Kier alpha value is -2.35. The Kier molecular flexibility index (Phi) is 7.53. The van der Waals surface area contributed by atoms with Crippen LogP contribution in [0.2, 0.25) is 0 Å². The summed E-state index contributed by atoms with van der Waals surface area (Å²) < 4.78 is 39.9. The number of hydrogen-bond donors (Lipinski definition) is 1. The second-order valence-electron chi connectivity index (χ2n) is 6.81. The minimum atomic E-state index is -3.63. The summed E-state index contributed by atoms with van der Waals surface area (Å²) in [5.41, 5.74) is 2.09. The molecule has 0 bridgehead atoms. The summed E-state index contributed by atoms with van der Waals surface area (Å²) in [5, 5.41) is 0. The highest BCUT2D eigenvalue weighted by Gasteiger charge is 2.20. The van der Waals surface area contributed by atoms with Crippen molar-refractivity contribution in [1.82, 2.24) is 4.72 Å². The van der Waals surface area contributed by atoms with Crippen molar-refractivity contribution >= 4 is 26.0 Å². The molecule has 0 saturated heterocycles. The SMILES string of the molecule is COc1ccc(C(CNS(=O)(=O)c2ccc(Br)cc2)Cc2ccccc2)cc1OC. The zero-order valence-corrected chi connectivity index (χ0v) is 19.2. The molecule has 7 heteroatoms. The summed E-state index contributed by atoms with van der Waals surface area (Å²) in [6.07, 6.45) is 0.680. The van der Waals surface area contributed by atoms with Gasteiger partial charge < -0.3 is 9.47 Å². The van der Waals surface area contributed by atoms with Gasteiger partial charge in [0.1, 0.15) is 0 Å². The maximum absolute atomic E-state index is 12.8. The average molecular weight is 490 g/mol. The number of sulfonamides is 1. The van der Waals surface area contributed by atoms with Crippen LogP contribution < -0.4 is 14.2 Å². The fourth-order valence-corrected chi connectivity index (χ4v) is 4.57. The molecule has 3 aromatic rings. The molecule has 0 heterocycles. The normalized spacial score (nSPS) is 12.4. The fraction of sp³-hybridized carbons (Fsp3) is 0.217. The molecule has 0 aromatic heterocycles. The largest absolute Gasteiger partial charge is 0.493 e. The molecule has 1 N–H and O–H groups in total. The standard InChI is InChI=1S/C23H24BrNO4S/c1-28-22-13-8-18(15-23(22)29-2)19(14-17-6-4-3-5-7-17)16-25-30(26,27)21-11-9-20(24)10-12-21/h3-13,15,19,25H,14,16H2,1-2H3. The molecule has 0 spiro atoms. The maximum atomic E-state index is 12.8. The minimum absolute atomic E-state index is 0.0857. The van der Waals surface area contributed by atoms with Gasteiger partial charge in [0.2, 0.25) is 10.0 Å². The van der Waals surface area contributed by atoms with Gasteiger partial charge in [-0.2, -0.15) is 0 Å². The molecule has 0 aliphatic heterocycles. The third-order valence-electron chi connectivity index (χ3n) is 4.85. The van der Waals surface area contributed by atoms with Crippen LogP contribution in [0.4, 0.5) is 0 Å². The van der Waals surface area contributed by atoms with Gasteiger partial charge in [0.25, 0.3) is 0 Å². The number of ether oxygens (including phenoxy) is 2. The first-order valence-corrected chi connectivity index (χ1v) is 11.7. The van der Waals surface area contributed by atoms with Crippen molar-refractivity contribution in [3.05, 3.63) is 88.4 Å². The highest BCUT2D eigenvalue weighted by molar-refractivity contribution is 9.10. The van der Waals surface area contributed by atoms with E-state index in [0.29, 0.717) is 17.9 Å². The summed E-state index contributed by atoms with van der Waals surface area (Å²) in [7, 11) is -0.452. The van der Waals surface area contributed by atoms with Crippen LogP contribution in [0, 0.1) is 0 Å². The molecule has 0 radical (unpaired) electrons. The Bertz CT molecular complexity index is 1070. The summed E-state index contributed by atoms with van der Waals surface area (Å²) in [5.74, 6) is 1.16. The van der Waals surface area contributed by atoms with E-state index in [1.165, 1.54) is 0 Å². The van der Waals surface area contributed by atoms with Crippen molar-refractivity contribution < 1.29 is 17.9 Å². The predicted octanol–water partition coefficient (Wildman–Crippen LogP) is 4.77. The summed E-state index contributed by atoms with van der Waals surface area (Å²) in [6, 6.07) is 22.3. The van der Waals surface area contributed by atoms with Crippen molar-refractivity contribution in [3.63, 3.8) is 0 Å². The average Bonchev–Trinajstić information content (AvgIpc) is 2.77. The van der Waals surface area contributed by atoms with Crippen LogP contribution >= 0.6 is 15.9 Å². The van der Waals surface area contributed by atoms with Crippen molar-refractivity contribution in [2.24, 2.45) is 0 Å². The van der Waals surface area contributed by atoms with Gasteiger partial charge in [-0.1, -0.05) is 52.3 Å². The van der Waals surface area contributed by atoms with Crippen LogP contribution in [0.25, 0.3) is 0 Å². The summed E-state index contributed by atoms with van der Waals surface area (Å²) in [6.45, 7) is 0.253. The molecule has 3 aromatic carbocycles. The van der Waals surface area contributed by atoms with Crippen LogP contribution in [0.15, 0.2) is 82.2 Å². The molecule has 1 unspecified atom stereocenters. The van der Waals surface area contributed by atoms with Gasteiger partial charge in [-0.3, -0.25) is 0 Å². The number of halogens is 1. The van der Waals surface area contributed by atoms with E-state index in [0.717, 1.165) is 15.6 Å². The lowest BCUT2D eigenvalue weighted by molar-refractivity contribution is 0.354. The van der Waals surface area contributed by atoms with Gasteiger partial charge in [0.15, 0.2) is 11.5 Å². The van der Waals surface area contributed by atoms with Crippen LogP contribution in [0.3, 0.4) is 0 Å². The molecule has 0 amide bonds. The van der Waals surface area contributed by atoms with Gasteiger partial charge in [0, 0.05) is 16.9 Å². The van der Waals surface area contributed by atoms with E-state index >= 15 is 0 Å². The Morgan fingerprint density at radius 2 is 1.57 bits per heavy atom. The van der Waals surface area contributed by atoms with Gasteiger partial charge in [-0.25, -0.2) is 13.1 Å². The minimum Gasteiger partial charge on any atom is -0.493 e. The molecule has 0 saturated carbocycles. The van der Waals surface area contributed by atoms with E-state index < -0.39 is 10.0 Å². The van der Waals surface area contributed by atoms with Crippen molar-refractivity contribution in [2.45, 2.75) is 17.2 Å². The number of rotatable bonds is 9.